The van der Waals surface area contributed by atoms with Gasteiger partial charge in [0.1, 0.15) is 0 Å². The van der Waals surface area contributed by atoms with Crippen molar-refractivity contribution in [1.29, 1.82) is 0 Å². The van der Waals surface area contributed by atoms with Crippen molar-refractivity contribution in [2.75, 3.05) is 32.7 Å². The molecule has 0 spiro atoms. The minimum Gasteiger partial charge on any atom is -0.336 e. The molecule has 0 aromatic heterocycles. The van der Waals surface area contributed by atoms with E-state index in [4.69, 9.17) is 0 Å². The number of hydrogen-bond acceptors (Lipinski definition) is 2. The molecule has 2 amide bonds. The molecule has 0 radical (unpaired) electrons. The van der Waals surface area contributed by atoms with Gasteiger partial charge in [0.15, 0.2) is 0 Å². The minimum absolute atomic E-state index is 0.0917. The minimum atomic E-state index is 0.0917. The molecule has 2 N–H and O–H groups in total. The molecule has 1 aliphatic heterocycles. The number of nitrogens with one attached hydrogen (secondary N) is 2. The number of amides is 2. The topological polar surface area (TPSA) is 44.4 Å². The molecule has 2 aliphatic rings. The third-order valence-corrected chi connectivity index (χ3v) is 2.93. The first-order valence-corrected chi connectivity index (χ1v) is 5.60. The van der Waals surface area contributed by atoms with Crippen LogP contribution in [0.1, 0.15) is 19.3 Å². The van der Waals surface area contributed by atoms with Crippen molar-refractivity contribution in [2.24, 2.45) is 5.92 Å². The maximum atomic E-state index is 11.1. The molecular weight excluding hydrogens is 178 g/mol. The number of carbonyl (C=O) groups is 1. The fourth-order valence-electron chi connectivity index (χ4n) is 1.78. The first kappa shape index (κ1) is 9.77. The molecule has 0 aromatic carbocycles. The summed E-state index contributed by atoms with van der Waals surface area (Å²) >= 11 is 0. The molecule has 80 valence electrons. The largest absolute Gasteiger partial charge is 0.336 e. The quantitative estimate of drug-likeness (QED) is 0.605. The molecule has 0 bridgehead atoms. The Morgan fingerprint density at radius 3 is 2.93 bits per heavy atom. The number of rotatable bonds is 6. The zero-order valence-corrected chi connectivity index (χ0v) is 8.59. The molecule has 14 heavy (non-hydrogen) atoms. The summed E-state index contributed by atoms with van der Waals surface area (Å²) < 4.78 is 0. The lowest BCUT2D eigenvalue weighted by Gasteiger charge is -2.14. The number of carbonyl (C=O) groups excluding carboxylic acids is 1. The highest BCUT2D eigenvalue weighted by molar-refractivity contribution is 5.76. The highest BCUT2D eigenvalue weighted by atomic mass is 16.2. The molecule has 0 unspecified atom stereocenters. The van der Waals surface area contributed by atoms with Crippen molar-refractivity contribution in [2.45, 2.75) is 19.3 Å². The van der Waals surface area contributed by atoms with Crippen molar-refractivity contribution < 1.29 is 4.79 Å². The second-order valence-corrected chi connectivity index (χ2v) is 4.20. The number of urea groups is 1. The summed E-state index contributed by atoms with van der Waals surface area (Å²) in [5, 5.41) is 6.18. The Bertz CT molecular complexity index is 204. The van der Waals surface area contributed by atoms with Gasteiger partial charge in [-0.25, -0.2) is 4.79 Å². The average Bonchev–Trinajstić information content (AvgIpc) is 2.91. The van der Waals surface area contributed by atoms with Crippen LogP contribution in [-0.4, -0.2) is 43.7 Å². The van der Waals surface area contributed by atoms with E-state index < -0.39 is 0 Å². The summed E-state index contributed by atoms with van der Waals surface area (Å²) in [6, 6.07) is 0.0917. The van der Waals surface area contributed by atoms with Crippen molar-refractivity contribution >= 4 is 6.03 Å². The molecule has 1 heterocycles. The highest BCUT2D eigenvalue weighted by Crippen LogP contribution is 2.31. The summed E-state index contributed by atoms with van der Waals surface area (Å²) in [4.78, 5) is 13.0. The van der Waals surface area contributed by atoms with Crippen molar-refractivity contribution in [3.63, 3.8) is 0 Å². The Morgan fingerprint density at radius 1 is 1.43 bits per heavy atom. The van der Waals surface area contributed by atoms with Crippen LogP contribution in [-0.2, 0) is 0 Å². The normalized spacial score (nSPS) is 21.4. The van der Waals surface area contributed by atoms with E-state index in [0.717, 1.165) is 38.6 Å². The van der Waals surface area contributed by atoms with E-state index in [0.29, 0.717) is 0 Å². The van der Waals surface area contributed by atoms with Crippen LogP contribution < -0.4 is 10.6 Å². The molecule has 0 aromatic rings. The van der Waals surface area contributed by atoms with Crippen LogP contribution in [0, 0.1) is 5.92 Å². The Labute approximate surface area is 85.0 Å². The molecular formula is C10H19N3O. The number of hydrogen-bond donors (Lipinski definition) is 2. The molecule has 4 nitrogen and oxygen atoms in total. The maximum Gasteiger partial charge on any atom is 0.317 e. The molecule has 1 aliphatic carbocycles. The second-order valence-electron chi connectivity index (χ2n) is 4.20. The zero-order valence-electron chi connectivity index (χ0n) is 8.59. The van der Waals surface area contributed by atoms with Gasteiger partial charge in [-0.05, 0) is 18.9 Å². The zero-order chi connectivity index (χ0) is 9.80. The predicted octanol–water partition coefficient (Wildman–Crippen LogP) is 0.401. The van der Waals surface area contributed by atoms with Gasteiger partial charge in [0.2, 0.25) is 0 Å². The lowest BCUT2D eigenvalue weighted by Crippen LogP contribution is -2.35. The SMILES string of the molecule is O=C1NCCN1CCNCCC1CC1. The van der Waals surface area contributed by atoms with Crippen LogP contribution in [0.4, 0.5) is 4.79 Å². The molecule has 1 saturated carbocycles. The standard InChI is InChI=1S/C10H19N3O/c14-10-12-6-8-13(10)7-5-11-4-3-9-1-2-9/h9,11H,1-8H2,(H,12,14). The van der Waals surface area contributed by atoms with Crippen LogP contribution >= 0.6 is 0 Å². The Balaban J connectivity index is 1.47. The molecule has 0 atom stereocenters. The van der Waals surface area contributed by atoms with E-state index >= 15 is 0 Å². The summed E-state index contributed by atoms with van der Waals surface area (Å²) in [7, 11) is 0. The lowest BCUT2D eigenvalue weighted by atomic mass is 10.3. The van der Waals surface area contributed by atoms with E-state index in [1.807, 2.05) is 4.90 Å². The summed E-state index contributed by atoms with van der Waals surface area (Å²) in [6.45, 7) is 4.56. The Kier molecular flexibility index (Phi) is 3.24. The Morgan fingerprint density at radius 2 is 2.29 bits per heavy atom. The van der Waals surface area contributed by atoms with Crippen LogP contribution in [0.15, 0.2) is 0 Å². The maximum absolute atomic E-state index is 11.1. The summed E-state index contributed by atoms with van der Waals surface area (Å²) in [6.07, 6.45) is 4.17. The van der Waals surface area contributed by atoms with Gasteiger partial charge in [-0.15, -0.1) is 0 Å². The van der Waals surface area contributed by atoms with Gasteiger partial charge < -0.3 is 15.5 Å². The fourth-order valence-corrected chi connectivity index (χ4v) is 1.78. The van der Waals surface area contributed by atoms with Crippen molar-refractivity contribution in [1.82, 2.24) is 15.5 Å². The van der Waals surface area contributed by atoms with Crippen molar-refractivity contribution in [3.8, 4) is 0 Å². The van der Waals surface area contributed by atoms with Gasteiger partial charge in [-0.3, -0.25) is 0 Å². The lowest BCUT2D eigenvalue weighted by molar-refractivity contribution is 0.217. The van der Waals surface area contributed by atoms with Gasteiger partial charge in [-0.2, -0.15) is 0 Å². The van der Waals surface area contributed by atoms with Crippen molar-refractivity contribution in [3.05, 3.63) is 0 Å². The van der Waals surface area contributed by atoms with E-state index in [-0.39, 0.29) is 6.03 Å². The van der Waals surface area contributed by atoms with Gasteiger partial charge in [0, 0.05) is 26.2 Å². The van der Waals surface area contributed by atoms with Crippen LogP contribution in [0.25, 0.3) is 0 Å². The smallest absolute Gasteiger partial charge is 0.317 e. The third kappa shape index (κ3) is 2.87. The predicted molar refractivity (Wildman–Crippen MR) is 55.2 cm³/mol. The Hall–Kier alpha value is -0.770. The van der Waals surface area contributed by atoms with Gasteiger partial charge in [0.05, 0.1) is 0 Å². The fraction of sp³-hybridized carbons (Fsp3) is 0.900. The highest BCUT2D eigenvalue weighted by Gasteiger charge is 2.20. The monoisotopic (exact) mass is 197 g/mol. The van der Waals surface area contributed by atoms with Crippen LogP contribution in [0.2, 0.25) is 0 Å². The van der Waals surface area contributed by atoms with E-state index in [1.54, 1.807) is 0 Å². The molecule has 1 saturated heterocycles. The molecule has 4 heteroatoms. The van der Waals surface area contributed by atoms with Crippen LogP contribution in [0.5, 0.6) is 0 Å². The van der Waals surface area contributed by atoms with E-state index in [2.05, 4.69) is 10.6 Å². The number of nitrogens with zero attached hydrogens (tertiary/aromatic N) is 1. The average molecular weight is 197 g/mol. The van der Waals surface area contributed by atoms with E-state index in [9.17, 15) is 4.79 Å². The van der Waals surface area contributed by atoms with Gasteiger partial charge in [-0.1, -0.05) is 12.8 Å². The van der Waals surface area contributed by atoms with Gasteiger partial charge >= 0.3 is 6.03 Å². The molecule has 2 rings (SSSR count). The van der Waals surface area contributed by atoms with E-state index in [1.165, 1.54) is 19.3 Å². The first-order chi connectivity index (χ1) is 6.86. The summed E-state index contributed by atoms with van der Waals surface area (Å²) in [5.74, 6) is 0.998. The first-order valence-electron chi connectivity index (χ1n) is 5.60. The van der Waals surface area contributed by atoms with Gasteiger partial charge in [0.25, 0.3) is 0 Å². The molecule has 2 fully saturated rings. The third-order valence-electron chi connectivity index (χ3n) is 2.93. The second kappa shape index (κ2) is 4.64. The summed E-state index contributed by atoms with van der Waals surface area (Å²) in [5.41, 5.74) is 0. The van der Waals surface area contributed by atoms with Crippen LogP contribution in [0.3, 0.4) is 0 Å².